The minimum atomic E-state index is -0.752. The van der Waals surface area contributed by atoms with Gasteiger partial charge in [-0.2, -0.15) is 0 Å². The first-order chi connectivity index (χ1) is 15.5. The molecule has 0 unspecified atom stereocenters. The van der Waals surface area contributed by atoms with Gasteiger partial charge in [-0.1, -0.05) is 60.7 Å². The van der Waals surface area contributed by atoms with Crippen molar-refractivity contribution < 1.29 is 38.0 Å². The second-order valence-corrected chi connectivity index (χ2v) is 7.65. The highest BCUT2D eigenvalue weighted by molar-refractivity contribution is 5.66. The van der Waals surface area contributed by atoms with E-state index in [1.54, 1.807) is 0 Å². The van der Waals surface area contributed by atoms with E-state index in [-0.39, 0.29) is 13.2 Å². The van der Waals surface area contributed by atoms with Crippen LogP contribution in [0.25, 0.3) is 0 Å². The van der Waals surface area contributed by atoms with Crippen molar-refractivity contribution in [1.82, 2.24) is 0 Å². The van der Waals surface area contributed by atoms with Crippen molar-refractivity contribution in [2.45, 2.75) is 50.8 Å². The molecule has 2 aromatic carbocycles. The highest BCUT2D eigenvalue weighted by atomic mass is 16.7. The number of esters is 2. The molecule has 170 valence electrons. The lowest BCUT2D eigenvalue weighted by Crippen LogP contribution is -2.57. The van der Waals surface area contributed by atoms with Gasteiger partial charge in [0.15, 0.2) is 24.8 Å². The van der Waals surface area contributed by atoms with Crippen LogP contribution in [0.5, 0.6) is 0 Å². The summed E-state index contributed by atoms with van der Waals surface area (Å²) in [6, 6.07) is 18.9. The van der Waals surface area contributed by atoms with Crippen LogP contribution in [0.4, 0.5) is 0 Å². The lowest BCUT2D eigenvalue weighted by atomic mass is 10.00. The Morgan fingerprint density at radius 2 is 1.06 bits per heavy atom. The normalized spacial score (nSPS) is 30.3. The third-order valence-corrected chi connectivity index (χ3v) is 5.22. The van der Waals surface area contributed by atoms with Gasteiger partial charge in [-0.3, -0.25) is 9.59 Å². The summed E-state index contributed by atoms with van der Waals surface area (Å²) in [7, 11) is 0. The van der Waals surface area contributed by atoms with Crippen LogP contribution in [-0.2, 0) is 38.0 Å². The predicted molar refractivity (Wildman–Crippen MR) is 111 cm³/mol. The van der Waals surface area contributed by atoms with Gasteiger partial charge in [0.1, 0.15) is 12.2 Å². The number of ether oxygens (including phenoxy) is 6. The molecule has 6 atom stereocenters. The second-order valence-electron chi connectivity index (χ2n) is 7.65. The monoisotopic (exact) mass is 442 g/mol. The predicted octanol–water partition coefficient (Wildman–Crippen LogP) is 3.08. The number of benzene rings is 2. The van der Waals surface area contributed by atoms with Crippen molar-refractivity contribution in [3.63, 3.8) is 0 Å². The molecule has 0 saturated carbocycles. The fourth-order valence-electron chi connectivity index (χ4n) is 3.87. The van der Waals surface area contributed by atoms with Gasteiger partial charge in [0.2, 0.25) is 0 Å². The standard InChI is InChI=1S/C24H26O8/c1-15(25)29-19-13-27-23(17-9-5-3-6-10-17)31-21(19)22-20(30-16(2)26)14-28-24(32-22)18-11-7-4-8-12-18/h3-12,19-24H,13-14H2,1-2H3/t19-,20-,21+,22+,23-,24+/m1/s1. The van der Waals surface area contributed by atoms with Crippen molar-refractivity contribution >= 4 is 11.9 Å². The van der Waals surface area contributed by atoms with Crippen molar-refractivity contribution in [3.05, 3.63) is 71.8 Å². The van der Waals surface area contributed by atoms with Gasteiger partial charge < -0.3 is 28.4 Å². The summed E-state index contributed by atoms with van der Waals surface area (Å²) < 4.78 is 35.1. The van der Waals surface area contributed by atoms with Crippen LogP contribution in [0.2, 0.25) is 0 Å². The summed E-state index contributed by atoms with van der Waals surface area (Å²) in [4.78, 5) is 23.5. The molecular weight excluding hydrogens is 416 g/mol. The van der Waals surface area contributed by atoms with E-state index in [9.17, 15) is 9.59 Å². The molecular formula is C24H26O8. The molecule has 8 nitrogen and oxygen atoms in total. The van der Waals surface area contributed by atoms with Gasteiger partial charge in [0, 0.05) is 25.0 Å². The van der Waals surface area contributed by atoms with Gasteiger partial charge >= 0.3 is 11.9 Å². The number of hydrogen-bond acceptors (Lipinski definition) is 8. The lowest BCUT2D eigenvalue weighted by Gasteiger charge is -2.44. The van der Waals surface area contributed by atoms with Gasteiger partial charge in [0.25, 0.3) is 0 Å². The maximum atomic E-state index is 11.8. The Hall–Kier alpha value is -2.78. The highest BCUT2D eigenvalue weighted by Crippen LogP contribution is 2.36. The minimum absolute atomic E-state index is 0.104. The molecule has 0 spiro atoms. The molecule has 0 bridgehead atoms. The molecule has 2 fully saturated rings. The van der Waals surface area contributed by atoms with Crippen LogP contribution in [0.3, 0.4) is 0 Å². The van der Waals surface area contributed by atoms with Crippen molar-refractivity contribution in [1.29, 1.82) is 0 Å². The molecule has 2 aromatic rings. The summed E-state index contributed by atoms with van der Waals surface area (Å²) in [6.45, 7) is 2.85. The van der Waals surface area contributed by atoms with E-state index in [2.05, 4.69) is 0 Å². The van der Waals surface area contributed by atoms with Gasteiger partial charge in [-0.05, 0) is 0 Å². The Bertz CT molecular complexity index is 827. The molecule has 2 saturated heterocycles. The van der Waals surface area contributed by atoms with Crippen molar-refractivity contribution in [2.24, 2.45) is 0 Å². The number of carbonyl (C=O) groups is 2. The maximum Gasteiger partial charge on any atom is 0.303 e. The first kappa shape index (κ1) is 22.4. The highest BCUT2D eigenvalue weighted by Gasteiger charge is 2.48. The summed E-state index contributed by atoms with van der Waals surface area (Å²) in [6.07, 6.45) is -4.37. The number of rotatable bonds is 5. The third-order valence-electron chi connectivity index (χ3n) is 5.22. The zero-order valence-electron chi connectivity index (χ0n) is 17.9. The van der Waals surface area contributed by atoms with E-state index in [1.807, 2.05) is 60.7 Å². The molecule has 4 rings (SSSR count). The quantitative estimate of drug-likeness (QED) is 0.653. The van der Waals surface area contributed by atoms with E-state index < -0.39 is 48.9 Å². The van der Waals surface area contributed by atoms with Crippen molar-refractivity contribution in [3.8, 4) is 0 Å². The molecule has 8 heteroatoms. The average Bonchev–Trinajstić information content (AvgIpc) is 2.80. The van der Waals surface area contributed by atoms with Gasteiger partial charge in [-0.15, -0.1) is 0 Å². The summed E-state index contributed by atoms with van der Waals surface area (Å²) >= 11 is 0. The number of hydrogen-bond donors (Lipinski definition) is 0. The fourth-order valence-corrected chi connectivity index (χ4v) is 3.87. The summed E-state index contributed by atoms with van der Waals surface area (Å²) in [5.74, 6) is -0.942. The largest absolute Gasteiger partial charge is 0.457 e. The zero-order chi connectivity index (χ0) is 22.5. The first-order valence-electron chi connectivity index (χ1n) is 10.5. The molecule has 0 radical (unpaired) electrons. The topological polar surface area (TPSA) is 89.5 Å². The second kappa shape index (κ2) is 10.2. The molecule has 0 N–H and O–H groups in total. The summed E-state index contributed by atoms with van der Waals surface area (Å²) in [5.41, 5.74) is 1.63. The van der Waals surface area contributed by atoms with Crippen LogP contribution in [0.1, 0.15) is 37.6 Å². The van der Waals surface area contributed by atoms with Gasteiger partial charge in [0.05, 0.1) is 13.2 Å². The molecule has 2 aliphatic heterocycles. The van der Waals surface area contributed by atoms with Crippen molar-refractivity contribution in [2.75, 3.05) is 13.2 Å². The van der Waals surface area contributed by atoms with E-state index in [0.29, 0.717) is 0 Å². The Morgan fingerprint density at radius 3 is 1.41 bits per heavy atom. The van der Waals surface area contributed by atoms with E-state index in [4.69, 9.17) is 28.4 Å². The first-order valence-corrected chi connectivity index (χ1v) is 10.5. The molecule has 32 heavy (non-hydrogen) atoms. The van der Waals surface area contributed by atoms with Crippen LogP contribution < -0.4 is 0 Å². The molecule has 0 aliphatic carbocycles. The maximum absolute atomic E-state index is 11.8. The zero-order valence-corrected chi connectivity index (χ0v) is 17.9. The molecule has 2 aliphatic rings. The van der Waals surface area contributed by atoms with Crippen LogP contribution in [0, 0.1) is 0 Å². The Labute approximate surface area is 186 Å². The van der Waals surface area contributed by atoms with E-state index in [1.165, 1.54) is 13.8 Å². The lowest BCUT2D eigenvalue weighted by molar-refractivity contribution is -0.333. The Morgan fingerprint density at radius 1 is 0.688 bits per heavy atom. The fraction of sp³-hybridized carbons (Fsp3) is 0.417. The minimum Gasteiger partial charge on any atom is -0.457 e. The third kappa shape index (κ3) is 5.34. The Balaban J connectivity index is 1.62. The molecule has 2 heterocycles. The van der Waals surface area contributed by atoms with Crippen LogP contribution in [0.15, 0.2) is 60.7 Å². The average molecular weight is 442 g/mol. The smallest absolute Gasteiger partial charge is 0.303 e. The van der Waals surface area contributed by atoms with Gasteiger partial charge in [-0.25, -0.2) is 0 Å². The number of carbonyl (C=O) groups excluding carboxylic acids is 2. The van der Waals surface area contributed by atoms with E-state index >= 15 is 0 Å². The summed E-state index contributed by atoms with van der Waals surface area (Å²) in [5, 5.41) is 0. The molecule has 0 aromatic heterocycles. The SMILES string of the molecule is CC(=O)O[C@@H]1CO[C@@H](c2ccccc2)O[C@@H]1[C@H]1O[C@@H](c2ccccc2)OC[C@H]1OC(C)=O. The Kier molecular flexibility index (Phi) is 7.16. The molecule has 0 amide bonds. The van der Waals surface area contributed by atoms with E-state index in [0.717, 1.165) is 11.1 Å². The van der Waals surface area contributed by atoms with Crippen LogP contribution >= 0.6 is 0 Å². The van der Waals surface area contributed by atoms with Crippen LogP contribution in [-0.4, -0.2) is 49.6 Å².